The molecule has 0 aromatic heterocycles. The number of carboxylic acid groups (broad SMARTS) is 1. The van der Waals surface area contributed by atoms with E-state index >= 15 is 0 Å². The van der Waals surface area contributed by atoms with Crippen molar-refractivity contribution in [3.8, 4) is 0 Å². The second-order valence-corrected chi connectivity index (χ2v) is 18.8. The molecular formula is C39H61NO5. The average molecular weight is 624 g/mol. The van der Waals surface area contributed by atoms with E-state index in [2.05, 4.69) is 53.4 Å². The zero-order chi connectivity index (χ0) is 33.1. The van der Waals surface area contributed by atoms with Gasteiger partial charge in [-0.3, -0.25) is 14.4 Å². The smallest absolute Gasteiger partial charge is 0.307 e. The van der Waals surface area contributed by atoms with Gasteiger partial charge in [-0.2, -0.15) is 0 Å². The van der Waals surface area contributed by atoms with Crippen LogP contribution in [0.15, 0.2) is 12.2 Å². The number of carbonyl (C=O) groups is 3. The normalized spacial score (nSPS) is 49.2. The van der Waals surface area contributed by atoms with Crippen LogP contribution in [-0.4, -0.2) is 35.1 Å². The predicted molar refractivity (Wildman–Crippen MR) is 176 cm³/mol. The number of ether oxygens (including phenoxy) is 1. The third-order valence-electron chi connectivity index (χ3n) is 16.6. The fraction of sp³-hybridized carbons (Fsp3) is 0.872. The summed E-state index contributed by atoms with van der Waals surface area (Å²) in [7, 11) is 0. The molecule has 6 saturated carbocycles. The third kappa shape index (κ3) is 4.34. The SMILES string of the molecule is C=C(C)[C@@H]1CC[C@]2(C(=O)N[C@@H]3C[C@H](C(=O)O)C3(C)C)CC[C@]3(C)[C@H](CC[C@@H]4[C@@]5(C)CC[C@H](OC(C)=O)C(C)(C)[C@@H]5CC[C@]43C)[C@@H]12. The first-order valence-electron chi connectivity index (χ1n) is 18.1. The predicted octanol–water partition coefficient (Wildman–Crippen LogP) is 8.19. The van der Waals surface area contributed by atoms with Gasteiger partial charge in [0.2, 0.25) is 5.91 Å². The van der Waals surface area contributed by atoms with Gasteiger partial charge in [0.1, 0.15) is 6.10 Å². The maximum atomic E-state index is 14.6. The molecule has 0 aliphatic heterocycles. The Labute approximate surface area is 272 Å². The van der Waals surface area contributed by atoms with Crippen LogP contribution in [0.3, 0.4) is 0 Å². The molecule has 0 radical (unpaired) electrons. The molecule has 45 heavy (non-hydrogen) atoms. The van der Waals surface area contributed by atoms with Gasteiger partial charge in [0.25, 0.3) is 0 Å². The van der Waals surface area contributed by atoms with Crippen LogP contribution in [0.5, 0.6) is 0 Å². The first-order chi connectivity index (χ1) is 20.8. The van der Waals surface area contributed by atoms with Gasteiger partial charge < -0.3 is 15.2 Å². The Bertz CT molecular complexity index is 1290. The summed E-state index contributed by atoms with van der Waals surface area (Å²) < 4.78 is 5.94. The highest BCUT2D eigenvalue weighted by molar-refractivity contribution is 5.85. The highest BCUT2D eigenvalue weighted by Crippen LogP contribution is 2.77. The van der Waals surface area contributed by atoms with E-state index in [1.165, 1.54) is 18.4 Å². The van der Waals surface area contributed by atoms with Gasteiger partial charge in [-0.05, 0) is 129 Å². The second-order valence-electron chi connectivity index (χ2n) is 18.8. The molecule has 0 aromatic rings. The van der Waals surface area contributed by atoms with E-state index in [4.69, 9.17) is 4.74 Å². The van der Waals surface area contributed by atoms with E-state index in [-0.39, 0.29) is 51.6 Å². The summed E-state index contributed by atoms with van der Waals surface area (Å²) in [6, 6.07) is -0.0905. The van der Waals surface area contributed by atoms with Crippen molar-refractivity contribution in [1.29, 1.82) is 0 Å². The van der Waals surface area contributed by atoms with Crippen molar-refractivity contribution in [2.24, 2.45) is 68.0 Å². The number of rotatable bonds is 5. The summed E-state index contributed by atoms with van der Waals surface area (Å²) in [5.74, 6) is 1.10. The molecule has 2 N–H and O–H groups in total. The molecule has 0 heterocycles. The lowest BCUT2D eigenvalue weighted by atomic mass is 9.32. The van der Waals surface area contributed by atoms with Crippen molar-refractivity contribution in [1.82, 2.24) is 5.32 Å². The summed E-state index contributed by atoms with van der Waals surface area (Å²) >= 11 is 0. The molecule has 12 atom stereocenters. The van der Waals surface area contributed by atoms with Crippen LogP contribution in [0.25, 0.3) is 0 Å². The Hall–Kier alpha value is -1.85. The van der Waals surface area contributed by atoms with Crippen LogP contribution in [0.1, 0.15) is 133 Å². The molecule has 0 saturated heterocycles. The lowest BCUT2D eigenvalue weighted by Crippen LogP contribution is -2.68. The molecular weight excluding hydrogens is 562 g/mol. The van der Waals surface area contributed by atoms with Crippen molar-refractivity contribution in [3.05, 3.63) is 12.2 Å². The Balaban J connectivity index is 1.31. The Morgan fingerprint density at radius 3 is 2.07 bits per heavy atom. The largest absolute Gasteiger partial charge is 0.481 e. The van der Waals surface area contributed by atoms with E-state index < -0.39 is 22.7 Å². The van der Waals surface area contributed by atoms with E-state index in [9.17, 15) is 19.5 Å². The fourth-order valence-corrected chi connectivity index (χ4v) is 13.8. The van der Waals surface area contributed by atoms with Crippen LogP contribution in [0.2, 0.25) is 0 Å². The molecule has 6 heteroatoms. The molecule has 252 valence electrons. The maximum absolute atomic E-state index is 14.6. The van der Waals surface area contributed by atoms with Crippen LogP contribution in [0.4, 0.5) is 0 Å². The van der Waals surface area contributed by atoms with E-state index in [1.54, 1.807) is 6.92 Å². The monoisotopic (exact) mass is 623 g/mol. The van der Waals surface area contributed by atoms with Crippen molar-refractivity contribution >= 4 is 17.8 Å². The second kappa shape index (κ2) is 10.3. The average Bonchev–Trinajstić information content (AvgIpc) is 3.33. The van der Waals surface area contributed by atoms with Crippen LogP contribution in [-0.2, 0) is 19.1 Å². The molecule has 6 rings (SSSR count). The van der Waals surface area contributed by atoms with E-state index in [0.717, 1.165) is 51.4 Å². The Morgan fingerprint density at radius 2 is 1.47 bits per heavy atom. The standard InChI is InChI=1S/C39H61NO5/c1-22(2)24-13-18-39(33(44)40-29-21-26(32(42)43)34(29,4)5)20-19-37(9)25(31(24)39)11-12-28-36(8)16-15-30(45-23(3)41)35(6,7)27(36)14-17-38(28,37)10/h24-31H,1,11-21H2,2-10H3,(H,40,44)(H,42,43)/t24-,25+,26+,27-,28+,29+,30-,31+,36-,37+,38+,39-/m0/s1. The number of hydrogen-bond donors (Lipinski definition) is 2. The first kappa shape index (κ1) is 33.1. The van der Waals surface area contributed by atoms with Gasteiger partial charge in [0.05, 0.1) is 11.3 Å². The van der Waals surface area contributed by atoms with Crippen molar-refractivity contribution < 1.29 is 24.2 Å². The van der Waals surface area contributed by atoms with E-state index in [0.29, 0.717) is 30.1 Å². The number of amides is 1. The van der Waals surface area contributed by atoms with Crippen LogP contribution in [0, 0.1) is 68.0 Å². The van der Waals surface area contributed by atoms with Crippen molar-refractivity contribution in [2.45, 2.75) is 145 Å². The van der Waals surface area contributed by atoms with Crippen LogP contribution >= 0.6 is 0 Å². The molecule has 0 aromatic carbocycles. The van der Waals surface area contributed by atoms with Gasteiger partial charge >= 0.3 is 11.9 Å². The summed E-state index contributed by atoms with van der Waals surface area (Å²) in [6.07, 6.45) is 11.2. The molecule has 0 spiro atoms. The highest BCUT2D eigenvalue weighted by Gasteiger charge is 2.72. The number of aliphatic carboxylic acids is 1. The van der Waals surface area contributed by atoms with E-state index in [1.807, 2.05) is 13.8 Å². The van der Waals surface area contributed by atoms with Gasteiger partial charge in [-0.15, -0.1) is 0 Å². The molecule has 6 nitrogen and oxygen atoms in total. The van der Waals surface area contributed by atoms with Crippen molar-refractivity contribution in [2.75, 3.05) is 0 Å². The van der Waals surface area contributed by atoms with Gasteiger partial charge in [0.15, 0.2) is 0 Å². The Kier molecular flexibility index (Phi) is 7.59. The number of nitrogens with one attached hydrogen (secondary N) is 1. The fourth-order valence-electron chi connectivity index (χ4n) is 13.8. The minimum Gasteiger partial charge on any atom is -0.481 e. The molecule has 6 fully saturated rings. The molecule has 0 unspecified atom stereocenters. The highest BCUT2D eigenvalue weighted by atomic mass is 16.5. The molecule has 6 aliphatic rings. The number of esters is 1. The van der Waals surface area contributed by atoms with Crippen LogP contribution < -0.4 is 5.32 Å². The number of carbonyl (C=O) groups excluding carboxylic acids is 2. The summed E-state index contributed by atoms with van der Waals surface area (Å²) in [4.78, 5) is 38.4. The molecule has 0 bridgehead atoms. The van der Waals surface area contributed by atoms with Gasteiger partial charge in [-0.1, -0.05) is 60.6 Å². The summed E-state index contributed by atoms with van der Waals surface area (Å²) in [5, 5.41) is 13.2. The van der Waals surface area contributed by atoms with Gasteiger partial charge in [0, 0.05) is 18.4 Å². The number of hydrogen-bond acceptors (Lipinski definition) is 4. The quantitative estimate of drug-likeness (QED) is 0.238. The zero-order valence-electron chi connectivity index (χ0n) is 29.7. The number of carboxylic acids is 1. The Morgan fingerprint density at radius 1 is 0.778 bits per heavy atom. The van der Waals surface area contributed by atoms with Crippen molar-refractivity contribution in [3.63, 3.8) is 0 Å². The zero-order valence-corrected chi connectivity index (χ0v) is 29.7. The maximum Gasteiger partial charge on any atom is 0.307 e. The topological polar surface area (TPSA) is 92.7 Å². The number of allylic oxidation sites excluding steroid dienone is 1. The first-order valence-corrected chi connectivity index (χ1v) is 18.1. The van der Waals surface area contributed by atoms with Gasteiger partial charge in [-0.25, -0.2) is 0 Å². The minimum absolute atomic E-state index is 0.0144. The third-order valence-corrected chi connectivity index (χ3v) is 16.6. The summed E-state index contributed by atoms with van der Waals surface area (Å²) in [6.45, 7) is 24.7. The lowest BCUT2D eigenvalue weighted by Gasteiger charge is -2.73. The summed E-state index contributed by atoms with van der Waals surface area (Å²) in [5.41, 5.74) is 0.855. The number of fused-ring (bicyclic) bond motifs is 7. The molecule has 1 amide bonds. The minimum atomic E-state index is -0.755. The lowest BCUT2D eigenvalue weighted by molar-refractivity contribution is -0.249. The molecule has 6 aliphatic carbocycles.